The van der Waals surface area contributed by atoms with Crippen LogP contribution in [0.5, 0.6) is 5.75 Å². The molecule has 2 aromatic heterocycles. The first kappa shape index (κ1) is 19.5. The summed E-state index contributed by atoms with van der Waals surface area (Å²) in [6, 6.07) is 15.0. The topological polar surface area (TPSA) is 57.8 Å². The second kappa shape index (κ2) is 7.38. The Morgan fingerprint density at radius 1 is 1.10 bits per heavy atom. The van der Waals surface area contributed by atoms with E-state index in [9.17, 15) is 0 Å². The normalized spacial score (nSPS) is 17.4. The summed E-state index contributed by atoms with van der Waals surface area (Å²) in [7, 11) is 1.68. The van der Waals surface area contributed by atoms with Gasteiger partial charge in [-0.25, -0.2) is 9.67 Å². The van der Waals surface area contributed by atoms with Gasteiger partial charge in [-0.15, -0.1) is 5.10 Å². The van der Waals surface area contributed by atoms with Gasteiger partial charge in [-0.1, -0.05) is 49.4 Å². The van der Waals surface area contributed by atoms with Crippen molar-refractivity contribution in [2.45, 2.75) is 45.1 Å². The lowest BCUT2D eigenvalue weighted by molar-refractivity contribution is 0.349. The lowest BCUT2D eigenvalue weighted by Gasteiger charge is -2.36. The van der Waals surface area contributed by atoms with Gasteiger partial charge in [0.05, 0.1) is 37.1 Å². The van der Waals surface area contributed by atoms with Crippen LogP contribution in [-0.2, 0) is 5.41 Å². The summed E-state index contributed by atoms with van der Waals surface area (Å²) >= 11 is 0. The minimum Gasteiger partial charge on any atom is -0.495 e. The molecule has 158 valence electrons. The predicted molar refractivity (Wildman–Crippen MR) is 121 cm³/mol. The Morgan fingerprint density at radius 3 is 2.71 bits per heavy atom. The highest BCUT2D eigenvalue weighted by molar-refractivity contribution is 5.64. The van der Waals surface area contributed by atoms with Gasteiger partial charge in [0.1, 0.15) is 11.4 Å². The molecular weight excluding hydrogens is 386 g/mol. The number of rotatable bonds is 4. The minimum atomic E-state index is 0.186. The van der Waals surface area contributed by atoms with E-state index in [2.05, 4.69) is 65.7 Å². The molecule has 0 aliphatic heterocycles. The van der Waals surface area contributed by atoms with Crippen molar-refractivity contribution in [1.29, 1.82) is 0 Å². The SMILES string of the molecule is COc1cc(-c2cn(C3CCC(C)(C)c4ccccc43)nn2)ccc1-n1cnc(C)c1. The molecule has 1 aliphatic carbocycles. The standard InChI is InChI=1S/C25H27N5O/c1-17-14-29(16-26-17)23-10-9-18(13-24(23)31-4)21-15-30(28-27-21)22-11-12-25(2,3)20-8-6-5-7-19(20)22/h5-10,13-16,22H,11-12H2,1-4H3. The molecule has 0 bridgehead atoms. The molecule has 0 N–H and O–H groups in total. The highest BCUT2D eigenvalue weighted by Crippen LogP contribution is 2.43. The summed E-state index contributed by atoms with van der Waals surface area (Å²) in [6.45, 7) is 6.62. The fraction of sp³-hybridized carbons (Fsp3) is 0.320. The lowest BCUT2D eigenvalue weighted by Crippen LogP contribution is -2.29. The van der Waals surface area contributed by atoms with Crippen molar-refractivity contribution in [3.05, 3.63) is 78.0 Å². The van der Waals surface area contributed by atoms with Crippen LogP contribution in [0.1, 0.15) is 49.6 Å². The van der Waals surface area contributed by atoms with Crippen LogP contribution in [-0.4, -0.2) is 31.7 Å². The zero-order chi connectivity index (χ0) is 21.6. The van der Waals surface area contributed by atoms with Crippen molar-refractivity contribution in [1.82, 2.24) is 24.5 Å². The molecule has 31 heavy (non-hydrogen) atoms. The first-order chi connectivity index (χ1) is 15.0. The molecular formula is C25H27N5O. The Morgan fingerprint density at radius 2 is 1.94 bits per heavy atom. The van der Waals surface area contributed by atoms with E-state index in [0.717, 1.165) is 41.2 Å². The number of hydrogen-bond donors (Lipinski definition) is 0. The summed E-state index contributed by atoms with van der Waals surface area (Å²) in [4.78, 5) is 4.31. The van der Waals surface area contributed by atoms with Crippen LogP contribution in [0.4, 0.5) is 0 Å². The number of aromatic nitrogens is 5. The third-order valence-corrected chi connectivity index (χ3v) is 6.39. The molecule has 1 atom stereocenters. The van der Waals surface area contributed by atoms with Crippen LogP contribution in [0.3, 0.4) is 0 Å². The second-order valence-electron chi connectivity index (χ2n) is 8.92. The Kier molecular flexibility index (Phi) is 4.65. The zero-order valence-electron chi connectivity index (χ0n) is 18.4. The van der Waals surface area contributed by atoms with Crippen LogP contribution in [0.15, 0.2) is 61.2 Å². The number of ether oxygens (including phenoxy) is 1. The van der Waals surface area contributed by atoms with E-state index in [1.807, 2.05) is 34.5 Å². The van der Waals surface area contributed by atoms with E-state index in [1.54, 1.807) is 13.4 Å². The van der Waals surface area contributed by atoms with Crippen molar-refractivity contribution in [2.75, 3.05) is 7.11 Å². The second-order valence-corrected chi connectivity index (χ2v) is 8.92. The van der Waals surface area contributed by atoms with Crippen LogP contribution < -0.4 is 4.74 Å². The largest absolute Gasteiger partial charge is 0.495 e. The third kappa shape index (κ3) is 3.42. The minimum absolute atomic E-state index is 0.186. The monoisotopic (exact) mass is 413 g/mol. The van der Waals surface area contributed by atoms with E-state index in [0.29, 0.717) is 0 Å². The quantitative estimate of drug-likeness (QED) is 0.467. The Balaban J connectivity index is 1.49. The number of hydrogen-bond acceptors (Lipinski definition) is 4. The molecule has 0 amide bonds. The molecule has 0 saturated heterocycles. The van der Waals surface area contributed by atoms with Crippen molar-refractivity contribution in [3.63, 3.8) is 0 Å². The van der Waals surface area contributed by atoms with Crippen LogP contribution in [0.25, 0.3) is 16.9 Å². The predicted octanol–water partition coefficient (Wildman–Crippen LogP) is 5.11. The summed E-state index contributed by atoms with van der Waals surface area (Å²) in [5, 5.41) is 9.00. The molecule has 6 heteroatoms. The average molecular weight is 414 g/mol. The third-order valence-electron chi connectivity index (χ3n) is 6.39. The van der Waals surface area contributed by atoms with Crippen molar-refractivity contribution in [3.8, 4) is 22.7 Å². The van der Waals surface area contributed by atoms with Gasteiger partial charge in [0.25, 0.3) is 0 Å². The van der Waals surface area contributed by atoms with Gasteiger partial charge in [0.15, 0.2) is 0 Å². The number of fused-ring (bicyclic) bond motifs is 1. The zero-order valence-corrected chi connectivity index (χ0v) is 18.4. The van der Waals surface area contributed by atoms with Gasteiger partial charge >= 0.3 is 0 Å². The van der Waals surface area contributed by atoms with Crippen LogP contribution in [0, 0.1) is 6.92 Å². The molecule has 5 rings (SSSR count). The van der Waals surface area contributed by atoms with Crippen molar-refractivity contribution in [2.24, 2.45) is 0 Å². The van der Waals surface area contributed by atoms with Gasteiger partial charge in [-0.05, 0) is 48.4 Å². The summed E-state index contributed by atoms with van der Waals surface area (Å²) in [5.74, 6) is 0.772. The molecule has 0 fully saturated rings. The lowest BCUT2D eigenvalue weighted by atomic mass is 9.71. The van der Waals surface area contributed by atoms with Crippen LogP contribution >= 0.6 is 0 Å². The van der Waals surface area contributed by atoms with Crippen molar-refractivity contribution < 1.29 is 4.74 Å². The van der Waals surface area contributed by atoms with Gasteiger partial charge in [-0.2, -0.15) is 0 Å². The maximum absolute atomic E-state index is 5.66. The number of methoxy groups -OCH3 is 1. The van der Waals surface area contributed by atoms with E-state index in [4.69, 9.17) is 4.74 Å². The van der Waals surface area contributed by atoms with E-state index in [-0.39, 0.29) is 11.5 Å². The first-order valence-electron chi connectivity index (χ1n) is 10.7. The number of aryl methyl sites for hydroxylation is 1. The Hall–Kier alpha value is -3.41. The molecule has 2 aromatic carbocycles. The molecule has 4 aromatic rings. The maximum atomic E-state index is 5.66. The van der Waals surface area contributed by atoms with Gasteiger partial charge in [-0.3, -0.25) is 0 Å². The molecule has 0 spiro atoms. The average Bonchev–Trinajstić information content (AvgIpc) is 3.43. The number of benzene rings is 2. The fourth-order valence-electron chi connectivity index (χ4n) is 4.63. The van der Waals surface area contributed by atoms with Crippen molar-refractivity contribution >= 4 is 0 Å². The molecule has 1 unspecified atom stereocenters. The Labute approximate surface area is 182 Å². The smallest absolute Gasteiger partial charge is 0.143 e. The van der Waals surface area contributed by atoms with E-state index >= 15 is 0 Å². The number of nitrogens with zero attached hydrogens (tertiary/aromatic N) is 5. The van der Waals surface area contributed by atoms with E-state index < -0.39 is 0 Å². The Bertz CT molecular complexity index is 1240. The highest BCUT2D eigenvalue weighted by Gasteiger charge is 2.33. The van der Waals surface area contributed by atoms with Gasteiger partial charge in [0.2, 0.25) is 0 Å². The van der Waals surface area contributed by atoms with Gasteiger partial charge in [0, 0.05) is 11.8 Å². The summed E-state index contributed by atoms with van der Waals surface area (Å²) in [5.41, 5.74) is 6.67. The van der Waals surface area contributed by atoms with Crippen LogP contribution in [0.2, 0.25) is 0 Å². The molecule has 0 radical (unpaired) electrons. The summed E-state index contributed by atoms with van der Waals surface area (Å²) in [6.07, 6.45) is 8.00. The molecule has 0 saturated carbocycles. The maximum Gasteiger partial charge on any atom is 0.143 e. The molecule has 1 aliphatic rings. The highest BCUT2D eigenvalue weighted by atomic mass is 16.5. The summed E-state index contributed by atoms with van der Waals surface area (Å²) < 4.78 is 9.64. The molecule has 6 nitrogen and oxygen atoms in total. The molecule has 2 heterocycles. The number of imidazole rings is 1. The van der Waals surface area contributed by atoms with E-state index in [1.165, 1.54) is 11.1 Å². The van der Waals surface area contributed by atoms with Gasteiger partial charge < -0.3 is 9.30 Å². The first-order valence-corrected chi connectivity index (χ1v) is 10.7. The fourth-order valence-corrected chi connectivity index (χ4v) is 4.63.